The number of hydrogen-bond acceptors (Lipinski definition) is 8. The Labute approximate surface area is 215 Å². The molecule has 1 aliphatic heterocycles. The number of sulfonamides is 2. The van der Waals surface area contributed by atoms with Crippen molar-refractivity contribution in [1.82, 2.24) is 0 Å². The highest BCUT2D eigenvalue weighted by atomic mass is 32.2. The molecule has 1 fully saturated rings. The number of anilines is 3. The normalized spacial score (nSPS) is 14.3. The van der Waals surface area contributed by atoms with Crippen LogP contribution in [0.4, 0.5) is 22.7 Å². The molecule has 0 aliphatic carbocycles. The van der Waals surface area contributed by atoms with E-state index in [0.29, 0.717) is 26.3 Å². The van der Waals surface area contributed by atoms with Crippen LogP contribution in [0.5, 0.6) is 0 Å². The fourth-order valence-corrected chi connectivity index (χ4v) is 5.93. The first-order valence-electron chi connectivity index (χ1n) is 11.3. The number of morpholine rings is 1. The summed E-state index contributed by atoms with van der Waals surface area (Å²) >= 11 is 0. The first-order valence-corrected chi connectivity index (χ1v) is 14.3. The maximum Gasteiger partial charge on any atom is 0.294 e. The van der Waals surface area contributed by atoms with Crippen LogP contribution in [-0.2, 0) is 24.8 Å². The van der Waals surface area contributed by atoms with E-state index in [0.717, 1.165) is 17.2 Å². The summed E-state index contributed by atoms with van der Waals surface area (Å²) in [5, 5.41) is 12.0. The monoisotopic (exact) mass is 546 g/mol. The first-order chi connectivity index (χ1) is 17.5. The summed E-state index contributed by atoms with van der Waals surface area (Å²) in [6.45, 7) is 4.98. The van der Waals surface area contributed by atoms with Gasteiger partial charge in [-0.3, -0.25) is 19.6 Å². The predicted molar refractivity (Wildman–Crippen MR) is 140 cm³/mol. The zero-order chi connectivity index (χ0) is 26.8. The van der Waals surface area contributed by atoms with E-state index in [1.54, 1.807) is 36.1 Å². The van der Waals surface area contributed by atoms with Gasteiger partial charge in [0.1, 0.15) is 5.69 Å². The lowest BCUT2D eigenvalue weighted by atomic mass is 10.2. The second-order valence-corrected chi connectivity index (χ2v) is 11.9. The summed E-state index contributed by atoms with van der Waals surface area (Å²) in [7, 11) is -8.36. The van der Waals surface area contributed by atoms with Crippen molar-refractivity contribution in [2.24, 2.45) is 0 Å². The minimum Gasteiger partial charge on any atom is -0.378 e. The Hall–Kier alpha value is -3.68. The van der Waals surface area contributed by atoms with E-state index in [1.807, 2.05) is 6.92 Å². The number of nitrogens with zero attached hydrogens (tertiary/aromatic N) is 2. The molecule has 0 spiro atoms. The highest BCUT2D eigenvalue weighted by Gasteiger charge is 2.28. The number of nitrogens with one attached hydrogen (secondary N) is 2. The van der Waals surface area contributed by atoms with E-state index >= 15 is 0 Å². The van der Waals surface area contributed by atoms with E-state index in [-0.39, 0.29) is 32.5 Å². The van der Waals surface area contributed by atoms with Crippen molar-refractivity contribution in [3.63, 3.8) is 0 Å². The van der Waals surface area contributed by atoms with E-state index in [9.17, 15) is 26.9 Å². The SMILES string of the molecule is Cc1ccc(S(=O)(=O)Nc2cc(N3CCOCC3)c([N+](=O)[O-])cc2NS(=O)(=O)c2ccc(C)cc2)cc1. The number of rotatable bonds is 8. The Kier molecular flexibility index (Phi) is 7.39. The van der Waals surface area contributed by atoms with Gasteiger partial charge in [0.05, 0.1) is 39.3 Å². The number of ether oxygens (including phenoxy) is 1. The second kappa shape index (κ2) is 10.4. The van der Waals surface area contributed by atoms with Crippen LogP contribution in [0.15, 0.2) is 70.5 Å². The Balaban J connectivity index is 1.83. The van der Waals surface area contributed by atoms with Crippen LogP contribution < -0.4 is 14.3 Å². The average Bonchev–Trinajstić information content (AvgIpc) is 2.85. The van der Waals surface area contributed by atoms with Crippen LogP contribution in [-0.4, -0.2) is 48.1 Å². The Morgan fingerprint density at radius 1 is 0.784 bits per heavy atom. The number of nitro benzene ring substituents is 1. The molecule has 3 aromatic rings. The third-order valence-electron chi connectivity index (χ3n) is 5.81. The zero-order valence-electron chi connectivity index (χ0n) is 20.2. The fourth-order valence-electron chi connectivity index (χ4n) is 3.79. The highest BCUT2D eigenvalue weighted by molar-refractivity contribution is 7.93. The molecule has 4 rings (SSSR count). The van der Waals surface area contributed by atoms with Crippen LogP contribution in [0.1, 0.15) is 11.1 Å². The van der Waals surface area contributed by atoms with E-state index in [1.165, 1.54) is 30.3 Å². The Morgan fingerprint density at radius 2 is 1.22 bits per heavy atom. The van der Waals surface area contributed by atoms with E-state index in [2.05, 4.69) is 9.44 Å². The molecule has 3 aromatic carbocycles. The van der Waals surface area contributed by atoms with Crippen LogP contribution in [0.25, 0.3) is 0 Å². The van der Waals surface area contributed by atoms with Crippen LogP contribution in [0, 0.1) is 24.0 Å². The van der Waals surface area contributed by atoms with Gasteiger partial charge in [-0.15, -0.1) is 0 Å². The molecule has 1 heterocycles. The number of benzene rings is 3. The molecule has 196 valence electrons. The van der Waals surface area contributed by atoms with Gasteiger partial charge in [0.15, 0.2) is 0 Å². The average molecular weight is 547 g/mol. The lowest BCUT2D eigenvalue weighted by Gasteiger charge is -2.29. The maximum atomic E-state index is 13.2. The van der Waals surface area contributed by atoms with Gasteiger partial charge in [-0.25, -0.2) is 16.8 Å². The minimum absolute atomic E-state index is 0.0447. The minimum atomic E-state index is -4.20. The topological polar surface area (TPSA) is 148 Å². The summed E-state index contributed by atoms with van der Waals surface area (Å²) in [6.07, 6.45) is 0. The summed E-state index contributed by atoms with van der Waals surface area (Å²) in [4.78, 5) is 12.9. The van der Waals surface area contributed by atoms with E-state index in [4.69, 9.17) is 4.74 Å². The van der Waals surface area contributed by atoms with Gasteiger partial charge in [0.25, 0.3) is 25.7 Å². The maximum absolute atomic E-state index is 13.2. The molecular weight excluding hydrogens is 520 g/mol. The lowest BCUT2D eigenvalue weighted by Crippen LogP contribution is -2.36. The van der Waals surface area contributed by atoms with Gasteiger partial charge in [0.2, 0.25) is 0 Å². The van der Waals surface area contributed by atoms with Gasteiger partial charge >= 0.3 is 0 Å². The Morgan fingerprint density at radius 3 is 1.65 bits per heavy atom. The molecule has 0 unspecified atom stereocenters. The molecule has 13 heteroatoms. The molecule has 11 nitrogen and oxygen atoms in total. The van der Waals surface area contributed by atoms with Crippen molar-refractivity contribution >= 4 is 42.8 Å². The standard InChI is InChI=1S/C24H26N4O7S2/c1-17-3-7-19(8-4-17)36(31,32)25-21-15-23(27-11-13-35-14-12-27)24(28(29)30)16-22(21)26-37(33,34)20-9-5-18(2)6-10-20/h3-10,15-16,25-26H,11-14H2,1-2H3. The quantitative estimate of drug-likeness (QED) is 0.321. The fraction of sp³-hybridized carbons (Fsp3) is 0.250. The lowest BCUT2D eigenvalue weighted by molar-refractivity contribution is -0.384. The molecule has 37 heavy (non-hydrogen) atoms. The van der Waals surface area contributed by atoms with Gasteiger partial charge in [0, 0.05) is 19.2 Å². The van der Waals surface area contributed by atoms with Crippen molar-refractivity contribution in [2.45, 2.75) is 23.6 Å². The summed E-state index contributed by atoms with van der Waals surface area (Å²) in [5.74, 6) is 0. The molecular formula is C24H26N4O7S2. The second-order valence-electron chi connectivity index (χ2n) is 8.58. The van der Waals surface area contributed by atoms with Gasteiger partial charge in [-0.2, -0.15) is 0 Å². The molecule has 2 N–H and O–H groups in total. The van der Waals surface area contributed by atoms with Crippen molar-refractivity contribution in [1.29, 1.82) is 0 Å². The third kappa shape index (κ3) is 6.01. The molecule has 1 saturated heterocycles. The number of hydrogen-bond donors (Lipinski definition) is 2. The van der Waals surface area contributed by atoms with Gasteiger partial charge in [-0.05, 0) is 44.2 Å². The third-order valence-corrected chi connectivity index (χ3v) is 8.58. The zero-order valence-corrected chi connectivity index (χ0v) is 21.8. The van der Waals surface area contributed by atoms with Crippen molar-refractivity contribution < 1.29 is 26.5 Å². The molecule has 0 saturated carbocycles. The van der Waals surface area contributed by atoms with Crippen LogP contribution >= 0.6 is 0 Å². The summed E-state index contributed by atoms with van der Waals surface area (Å²) < 4.78 is 62.7. The van der Waals surface area contributed by atoms with Gasteiger partial charge in [-0.1, -0.05) is 35.4 Å². The smallest absolute Gasteiger partial charge is 0.294 e. The van der Waals surface area contributed by atoms with Crippen molar-refractivity contribution in [3.05, 3.63) is 81.9 Å². The largest absolute Gasteiger partial charge is 0.378 e. The van der Waals surface area contributed by atoms with Gasteiger partial charge < -0.3 is 9.64 Å². The molecule has 0 amide bonds. The van der Waals surface area contributed by atoms with Crippen molar-refractivity contribution in [2.75, 3.05) is 40.6 Å². The summed E-state index contributed by atoms with van der Waals surface area (Å²) in [6, 6.07) is 14.4. The predicted octanol–water partition coefficient (Wildman–Crippen LogP) is 3.65. The van der Waals surface area contributed by atoms with Crippen LogP contribution in [0.3, 0.4) is 0 Å². The highest BCUT2D eigenvalue weighted by Crippen LogP contribution is 2.39. The molecule has 0 atom stereocenters. The molecule has 0 radical (unpaired) electrons. The molecule has 1 aliphatic rings. The Bertz CT molecular complexity index is 1520. The van der Waals surface area contributed by atoms with E-state index < -0.39 is 25.0 Å². The first kappa shape index (κ1) is 26.4. The van der Waals surface area contributed by atoms with Crippen molar-refractivity contribution in [3.8, 4) is 0 Å². The summed E-state index contributed by atoms with van der Waals surface area (Å²) in [5.41, 5.74) is 1.05. The van der Waals surface area contributed by atoms with Crippen LogP contribution in [0.2, 0.25) is 0 Å². The molecule has 0 bridgehead atoms. The molecule has 0 aromatic heterocycles. The number of aryl methyl sites for hydroxylation is 2. The number of nitro groups is 1.